The van der Waals surface area contributed by atoms with Crippen LogP contribution in [0.4, 0.5) is 13.2 Å². The molecule has 33 heavy (non-hydrogen) atoms. The first-order valence-electron chi connectivity index (χ1n) is 10.2. The maximum absolute atomic E-state index is 13.1. The van der Waals surface area contributed by atoms with Gasteiger partial charge in [-0.1, -0.05) is 36.4 Å². The van der Waals surface area contributed by atoms with Gasteiger partial charge < -0.3 is 9.84 Å². The Morgan fingerprint density at radius 1 is 0.879 bits per heavy atom. The molecular weight excluding hydrogens is 431 g/mol. The number of fused-ring (bicyclic) bond motifs is 1. The number of halogens is 3. The van der Waals surface area contributed by atoms with E-state index < -0.39 is 17.7 Å². The zero-order chi connectivity index (χ0) is 23.8. The van der Waals surface area contributed by atoms with E-state index in [0.717, 1.165) is 29.0 Å². The van der Waals surface area contributed by atoms with Gasteiger partial charge in [0.25, 0.3) is 0 Å². The lowest BCUT2D eigenvalue weighted by Gasteiger charge is -2.12. The molecule has 4 aromatic rings. The molecular formula is C26H20F3NO3. The minimum Gasteiger partial charge on any atom is -0.491 e. The monoisotopic (exact) mass is 451 g/mol. The highest BCUT2D eigenvalue weighted by Crippen LogP contribution is 2.34. The Labute approximate surface area is 188 Å². The summed E-state index contributed by atoms with van der Waals surface area (Å²) < 4.78 is 44.9. The van der Waals surface area contributed by atoms with Gasteiger partial charge in [0.1, 0.15) is 5.75 Å². The van der Waals surface area contributed by atoms with E-state index in [1.165, 1.54) is 12.1 Å². The predicted molar refractivity (Wildman–Crippen MR) is 120 cm³/mol. The predicted octanol–water partition coefficient (Wildman–Crippen LogP) is 7.07. The van der Waals surface area contributed by atoms with Crippen LogP contribution in [0.1, 0.15) is 29.8 Å². The molecule has 0 radical (unpaired) electrons. The van der Waals surface area contributed by atoms with Crippen molar-refractivity contribution >= 4 is 16.9 Å². The Morgan fingerprint density at radius 3 is 2.00 bits per heavy atom. The van der Waals surface area contributed by atoms with Crippen LogP contribution in [0.3, 0.4) is 0 Å². The van der Waals surface area contributed by atoms with Crippen molar-refractivity contribution in [2.45, 2.75) is 26.1 Å². The first-order valence-corrected chi connectivity index (χ1v) is 10.2. The van der Waals surface area contributed by atoms with Crippen LogP contribution in [0.25, 0.3) is 33.3 Å². The number of ether oxygens (including phenoxy) is 1. The number of benzene rings is 3. The average Bonchev–Trinajstić information content (AvgIpc) is 2.77. The van der Waals surface area contributed by atoms with Crippen molar-refractivity contribution < 1.29 is 27.8 Å². The molecule has 7 heteroatoms. The van der Waals surface area contributed by atoms with Crippen LogP contribution in [0, 0.1) is 0 Å². The van der Waals surface area contributed by atoms with Gasteiger partial charge in [-0.2, -0.15) is 13.2 Å². The van der Waals surface area contributed by atoms with Crippen molar-refractivity contribution in [1.82, 2.24) is 4.98 Å². The highest BCUT2D eigenvalue weighted by molar-refractivity contribution is 6.04. The van der Waals surface area contributed by atoms with Crippen LogP contribution in [0.15, 0.2) is 72.8 Å². The van der Waals surface area contributed by atoms with Gasteiger partial charge >= 0.3 is 12.1 Å². The second-order valence-electron chi connectivity index (χ2n) is 7.86. The Bertz CT molecular complexity index is 1310. The van der Waals surface area contributed by atoms with Gasteiger partial charge in [0.2, 0.25) is 0 Å². The van der Waals surface area contributed by atoms with Gasteiger partial charge in [-0.05, 0) is 61.4 Å². The lowest BCUT2D eigenvalue weighted by atomic mass is 10.00. The van der Waals surface area contributed by atoms with Crippen LogP contribution in [-0.4, -0.2) is 22.2 Å². The summed E-state index contributed by atoms with van der Waals surface area (Å²) in [6, 6.07) is 19.3. The van der Waals surface area contributed by atoms with E-state index in [1.54, 1.807) is 12.1 Å². The second kappa shape index (κ2) is 8.58. The zero-order valence-corrected chi connectivity index (χ0v) is 17.9. The third kappa shape index (κ3) is 4.82. The van der Waals surface area contributed by atoms with E-state index in [0.29, 0.717) is 11.3 Å². The molecule has 0 aliphatic heterocycles. The largest absolute Gasteiger partial charge is 0.491 e. The molecule has 168 valence electrons. The molecule has 0 amide bonds. The van der Waals surface area contributed by atoms with Gasteiger partial charge in [-0.15, -0.1) is 0 Å². The normalized spacial score (nSPS) is 11.7. The highest BCUT2D eigenvalue weighted by atomic mass is 19.4. The summed E-state index contributed by atoms with van der Waals surface area (Å²) in [6.07, 6.45) is -4.49. The molecule has 0 aliphatic rings. The number of hydrogen-bond donors (Lipinski definition) is 1. The smallest absolute Gasteiger partial charge is 0.416 e. The summed E-state index contributed by atoms with van der Waals surface area (Å²) in [6.45, 7) is 3.91. The number of rotatable bonds is 5. The summed E-state index contributed by atoms with van der Waals surface area (Å²) in [5.74, 6) is -0.538. The minimum atomic E-state index is -4.57. The first-order chi connectivity index (χ1) is 15.6. The molecule has 0 fully saturated rings. The van der Waals surface area contributed by atoms with Crippen molar-refractivity contribution in [3.05, 3.63) is 83.9 Å². The minimum absolute atomic E-state index is 0.0543. The van der Waals surface area contributed by atoms with E-state index in [9.17, 15) is 23.1 Å². The third-order valence-electron chi connectivity index (χ3n) is 5.11. The fourth-order valence-electron chi connectivity index (χ4n) is 3.56. The Morgan fingerprint density at radius 2 is 1.45 bits per heavy atom. The van der Waals surface area contributed by atoms with E-state index >= 15 is 0 Å². The van der Waals surface area contributed by atoms with Crippen molar-refractivity contribution in [3.63, 3.8) is 0 Å². The Kier molecular flexibility index (Phi) is 5.80. The van der Waals surface area contributed by atoms with E-state index in [-0.39, 0.29) is 22.6 Å². The standard InChI is InChI=1S/C26H20F3NO3/c1-15(2)33-20-10-7-17(8-11-20)16-3-5-18(6-4-16)24-14-22(25(31)32)21-13-19(26(27,28)29)9-12-23(21)30-24/h3-15H,1-2H3,(H,31,32). The first kappa shape index (κ1) is 22.3. The van der Waals surface area contributed by atoms with E-state index in [1.807, 2.05) is 50.2 Å². The summed E-state index contributed by atoms with van der Waals surface area (Å²) >= 11 is 0. The number of carboxylic acid groups (broad SMARTS) is 1. The zero-order valence-electron chi connectivity index (χ0n) is 17.9. The SMILES string of the molecule is CC(C)Oc1ccc(-c2ccc(-c3cc(C(=O)O)c4cc(C(F)(F)F)ccc4n3)cc2)cc1. The van der Waals surface area contributed by atoms with Gasteiger partial charge in [0.15, 0.2) is 0 Å². The fourth-order valence-corrected chi connectivity index (χ4v) is 3.56. The molecule has 0 unspecified atom stereocenters. The molecule has 1 aromatic heterocycles. The lowest BCUT2D eigenvalue weighted by molar-refractivity contribution is -0.137. The number of alkyl halides is 3. The summed E-state index contributed by atoms with van der Waals surface area (Å²) in [7, 11) is 0. The van der Waals surface area contributed by atoms with E-state index in [2.05, 4.69) is 4.98 Å². The number of carboxylic acids is 1. The van der Waals surface area contributed by atoms with Crippen LogP contribution < -0.4 is 4.74 Å². The fraction of sp³-hybridized carbons (Fsp3) is 0.154. The molecule has 1 heterocycles. The molecule has 0 atom stereocenters. The number of hydrogen-bond acceptors (Lipinski definition) is 3. The number of aromatic carboxylic acids is 1. The molecule has 4 nitrogen and oxygen atoms in total. The van der Waals surface area contributed by atoms with Crippen LogP contribution in [0.2, 0.25) is 0 Å². The molecule has 1 N–H and O–H groups in total. The lowest BCUT2D eigenvalue weighted by Crippen LogP contribution is -2.06. The molecule has 0 spiro atoms. The number of aromatic nitrogens is 1. The van der Waals surface area contributed by atoms with Crippen LogP contribution >= 0.6 is 0 Å². The van der Waals surface area contributed by atoms with Crippen molar-refractivity contribution in [3.8, 4) is 28.1 Å². The van der Waals surface area contributed by atoms with Gasteiger partial charge in [-0.3, -0.25) is 0 Å². The quantitative estimate of drug-likeness (QED) is 0.352. The number of carbonyl (C=O) groups is 1. The second-order valence-corrected chi connectivity index (χ2v) is 7.86. The van der Waals surface area contributed by atoms with E-state index in [4.69, 9.17) is 4.74 Å². The van der Waals surface area contributed by atoms with Crippen molar-refractivity contribution in [2.75, 3.05) is 0 Å². The Hall–Kier alpha value is -3.87. The average molecular weight is 451 g/mol. The maximum atomic E-state index is 13.1. The summed E-state index contributed by atoms with van der Waals surface area (Å²) in [5, 5.41) is 9.54. The molecule has 0 bridgehead atoms. The highest BCUT2D eigenvalue weighted by Gasteiger charge is 2.31. The molecule has 0 aliphatic carbocycles. The molecule has 3 aromatic carbocycles. The van der Waals surface area contributed by atoms with Crippen molar-refractivity contribution in [2.24, 2.45) is 0 Å². The van der Waals surface area contributed by atoms with Gasteiger partial charge in [0.05, 0.1) is 28.4 Å². The number of nitrogens with zero attached hydrogens (tertiary/aromatic N) is 1. The van der Waals surface area contributed by atoms with Crippen LogP contribution in [0.5, 0.6) is 5.75 Å². The number of pyridine rings is 1. The van der Waals surface area contributed by atoms with Gasteiger partial charge in [0, 0.05) is 10.9 Å². The van der Waals surface area contributed by atoms with Crippen molar-refractivity contribution in [1.29, 1.82) is 0 Å². The van der Waals surface area contributed by atoms with Gasteiger partial charge in [-0.25, -0.2) is 9.78 Å². The third-order valence-corrected chi connectivity index (χ3v) is 5.11. The Balaban J connectivity index is 1.69. The molecule has 0 saturated heterocycles. The summed E-state index contributed by atoms with van der Waals surface area (Å²) in [5.41, 5.74) is 1.99. The van der Waals surface area contributed by atoms with Crippen LogP contribution in [-0.2, 0) is 6.18 Å². The molecule has 4 rings (SSSR count). The summed E-state index contributed by atoms with van der Waals surface area (Å²) in [4.78, 5) is 16.2. The molecule has 0 saturated carbocycles. The maximum Gasteiger partial charge on any atom is 0.416 e. The topological polar surface area (TPSA) is 59.4 Å².